The number of hydrogen-bond acceptors (Lipinski definition) is 3. The number of carbonyl (C=O) groups excluding carboxylic acids is 1. The van der Waals surface area contributed by atoms with Crippen LogP contribution in [0.3, 0.4) is 0 Å². The number of rotatable bonds is 1. The molecule has 2 heterocycles. The summed E-state index contributed by atoms with van der Waals surface area (Å²) in [5.74, 6) is 0.137. The molecular formula is C12H16N4O. The summed E-state index contributed by atoms with van der Waals surface area (Å²) in [5.41, 5.74) is 1.49. The molecule has 17 heavy (non-hydrogen) atoms. The van der Waals surface area contributed by atoms with Crippen LogP contribution in [-0.4, -0.2) is 33.7 Å². The third-order valence-corrected chi connectivity index (χ3v) is 3.29. The van der Waals surface area contributed by atoms with Crippen molar-refractivity contribution in [1.29, 1.82) is 5.26 Å². The molecule has 1 aliphatic heterocycles. The van der Waals surface area contributed by atoms with Gasteiger partial charge in [0.15, 0.2) is 5.69 Å². The van der Waals surface area contributed by atoms with Gasteiger partial charge in [-0.25, -0.2) is 0 Å². The minimum Gasteiger partial charge on any atom is -0.343 e. The largest absolute Gasteiger partial charge is 0.343 e. The zero-order valence-electron chi connectivity index (χ0n) is 10.2. The molecule has 0 aromatic carbocycles. The number of hydrogen-bond donors (Lipinski definition) is 0. The molecule has 0 unspecified atom stereocenters. The van der Waals surface area contributed by atoms with Crippen LogP contribution in [-0.2, 0) is 4.79 Å². The molecule has 0 spiro atoms. The molecule has 1 aliphatic rings. The number of nitriles is 1. The van der Waals surface area contributed by atoms with Gasteiger partial charge in [0.1, 0.15) is 6.07 Å². The van der Waals surface area contributed by atoms with E-state index >= 15 is 0 Å². The van der Waals surface area contributed by atoms with E-state index in [9.17, 15) is 4.79 Å². The van der Waals surface area contributed by atoms with E-state index in [2.05, 4.69) is 11.2 Å². The molecule has 1 amide bonds. The van der Waals surface area contributed by atoms with Crippen molar-refractivity contribution in [3.8, 4) is 6.07 Å². The van der Waals surface area contributed by atoms with Crippen molar-refractivity contribution < 1.29 is 4.79 Å². The number of amides is 1. The first-order chi connectivity index (χ1) is 8.11. The average molecular weight is 232 g/mol. The fraction of sp³-hybridized carbons (Fsp3) is 0.583. The second kappa shape index (κ2) is 4.58. The predicted molar refractivity (Wildman–Crippen MR) is 62.2 cm³/mol. The summed E-state index contributed by atoms with van der Waals surface area (Å²) in [6, 6.07) is 4.17. The molecule has 5 heteroatoms. The quantitative estimate of drug-likeness (QED) is 0.732. The second-order valence-electron chi connectivity index (χ2n) is 4.46. The van der Waals surface area contributed by atoms with Gasteiger partial charge in [-0.2, -0.15) is 10.4 Å². The maximum atomic E-state index is 11.2. The molecule has 0 radical (unpaired) electrons. The van der Waals surface area contributed by atoms with E-state index in [-0.39, 0.29) is 5.91 Å². The highest BCUT2D eigenvalue weighted by molar-refractivity contribution is 5.73. The van der Waals surface area contributed by atoms with E-state index in [1.807, 2.05) is 16.5 Å². The first-order valence-electron chi connectivity index (χ1n) is 5.83. The Bertz CT molecular complexity index is 463. The SMILES string of the molecule is CC(=O)N1CCC(n2nc(C#N)cc2C)CC1. The van der Waals surface area contributed by atoms with Crippen molar-refractivity contribution in [2.24, 2.45) is 0 Å². The number of piperidine rings is 1. The first kappa shape index (κ1) is 11.6. The molecule has 90 valence electrons. The lowest BCUT2D eigenvalue weighted by molar-refractivity contribution is -0.130. The average Bonchev–Trinajstić information content (AvgIpc) is 2.71. The molecule has 0 bridgehead atoms. The Morgan fingerprint density at radius 3 is 2.65 bits per heavy atom. The van der Waals surface area contributed by atoms with Crippen molar-refractivity contribution in [3.05, 3.63) is 17.5 Å². The maximum absolute atomic E-state index is 11.2. The van der Waals surface area contributed by atoms with E-state index in [1.54, 1.807) is 13.0 Å². The summed E-state index contributed by atoms with van der Waals surface area (Å²) >= 11 is 0. The van der Waals surface area contributed by atoms with Crippen molar-refractivity contribution >= 4 is 5.91 Å². The lowest BCUT2D eigenvalue weighted by Gasteiger charge is -2.31. The first-order valence-corrected chi connectivity index (χ1v) is 5.83. The summed E-state index contributed by atoms with van der Waals surface area (Å²) in [4.78, 5) is 13.1. The monoisotopic (exact) mass is 232 g/mol. The summed E-state index contributed by atoms with van der Waals surface area (Å²) in [6.45, 7) is 5.13. The van der Waals surface area contributed by atoms with Gasteiger partial charge in [0.05, 0.1) is 6.04 Å². The predicted octanol–water partition coefficient (Wildman–Crippen LogP) is 1.25. The zero-order valence-corrected chi connectivity index (χ0v) is 10.2. The van der Waals surface area contributed by atoms with Crippen LogP contribution in [0.1, 0.15) is 37.2 Å². The topological polar surface area (TPSA) is 61.9 Å². The van der Waals surface area contributed by atoms with Gasteiger partial charge >= 0.3 is 0 Å². The number of likely N-dealkylation sites (tertiary alicyclic amines) is 1. The summed E-state index contributed by atoms with van der Waals surface area (Å²) in [6.07, 6.45) is 1.82. The van der Waals surface area contributed by atoms with Crippen LogP contribution in [0, 0.1) is 18.3 Å². The van der Waals surface area contributed by atoms with Crippen LogP contribution in [0.25, 0.3) is 0 Å². The Labute approximate surface area is 101 Å². The fourth-order valence-corrected chi connectivity index (χ4v) is 2.34. The number of carbonyl (C=O) groups is 1. The highest BCUT2D eigenvalue weighted by atomic mass is 16.2. The molecule has 0 atom stereocenters. The van der Waals surface area contributed by atoms with E-state index < -0.39 is 0 Å². The Morgan fingerprint density at radius 2 is 2.18 bits per heavy atom. The molecule has 2 rings (SSSR count). The zero-order chi connectivity index (χ0) is 12.4. The highest BCUT2D eigenvalue weighted by Crippen LogP contribution is 2.23. The van der Waals surface area contributed by atoms with Gasteiger partial charge in [-0.15, -0.1) is 0 Å². The van der Waals surface area contributed by atoms with Crippen LogP contribution in [0.4, 0.5) is 0 Å². The number of aromatic nitrogens is 2. The van der Waals surface area contributed by atoms with Gasteiger partial charge in [-0.3, -0.25) is 9.48 Å². The standard InChI is InChI=1S/C12H16N4O/c1-9-7-11(8-13)14-16(9)12-3-5-15(6-4-12)10(2)17/h7,12H,3-6H2,1-2H3. The molecule has 1 aromatic heterocycles. The molecule has 1 aromatic rings. The van der Waals surface area contributed by atoms with Crippen molar-refractivity contribution in [3.63, 3.8) is 0 Å². The van der Waals surface area contributed by atoms with Crippen molar-refractivity contribution in [2.45, 2.75) is 32.7 Å². The summed E-state index contributed by atoms with van der Waals surface area (Å²) in [5, 5.41) is 13.1. The minimum atomic E-state index is 0.137. The Morgan fingerprint density at radius 1 is 1.53 bits per heavy atom. The number of aryl methyl sites for hydroxylation is 1. The van der Waals surface area contributed by atoms with Crippen molar-refractivity contribution in [1.82, 2.24) is 14.7 Å². The van der Waals surface area contributed by atoms with Crippen LogP contribution in [0.5, 0.6) is 0 Å². The van der Waals surface area contributed by atoms with E-state index in [0.29, 0.717) is 11.7 Å². The normalized spacial score (nSPS) is 16.9. The summed E-state index contributed by atoms with van der Waals surface area (Å²) < 4.78 is 1.93. The third-order valence-electron chi connectivity index (χ3n) is 3.29. The van der Waals surface area contributed by atoms with Gasteiger partial charge in [0.2, 0.25) is 5.91 Å². The maximum Gasteiger partial charge on any atom is 0.219 e. The summed E-state index contributed by atoms with van der Waals surface area (Å²) in [7, 11) is 0. The van der Waals surface area contributed by atoms with Gasteiger partial charge in [0, 0.05) is 25.7 Å². The highest BCUT2D eigenvalue weighted by Gasteiger charge is 2.23. The molecule has 0 aliphatic carbocycles. The van der Waals surface area contributed by atoms with E-state index in [0.717, 1.165) is 31.6 Å². The van der Waals surface area contributed by atoms with Crippen LogP contribution in [0.15, 0.2) is 6.07 Å². The third kappa shape index (κ3) is 2.31. The Hall–Kier alpha value is -1.83. The molecule has 0 saturated carbocycles. The minimum absolute atomic E-state index is 0.137. The van der Waals surface area contributed by atoms with Gasteiger partial charge < -0.3 is 4.90 Å². The van der Waals surface area contributed by atoms with Gasteiger partial charge in [0.25, 0.3) is 0 Å². The van der Waals surface area contributed by atoms with E-state index in [1.165, 1.54) is 0 Å². The molecule has 1 saturated heterocycles. The molecule has 5 nitrogen and oxygen atoms in total. The second-order valence-corrected chi connectivity index (χ2v) is 4.46. The van der Waals surface area contributed by atoms with E-state index in [4.69, 9.17) is 5.26 Å². The Balaban J connectivity index is 2.08. The molecule has 1 fully saturated rings. The van der Waals surface area contributed by atoms with Crippen molar-refractivity contribution in [2.75, 3.05) is 13.1 Å². The van der Waals surface area contributed by atoms with Crippen LogP contribution < -0.4 is 0 Å². The lowest BCUT2D eigenvalue weighted by atomic mass is 10.1. The van der Waals surface area contributed by atoms with Crippen LogP contribution in [0.2, 0.25) is 0 Å². The van der Waals surface area contributed by atoms with Gasteiger partial charge in [-0.05, 0) is 25.8 Å². The van der Waals surface area contributed by atoms with Crippen LogP contribution >= 0.6 is 0 Å². The fourth-order valence-electron chi connectivity index (χ4n) is 2.34. The molecule has 0 N–H and O–H groups in total. The lowest BCUT2D eigenvalue weighted by Crippen LogP contribution is -2.38. The smallest absolute Gasteiger partial charge is 0.219 e. The molecular weight excluding hydrogens is 216 g/mol. The Kier molecular flexibility index (Phi) is 3.14. The van der Waals surface area contributed by atoms with Gasteiger partial charge in [-0.1, -0.05) is 0 Å². The number of nitrogens with zero attached hydrogens (tertiary/aromatic N) is 4.